The number of carboxylic acid groups (broad SMARTS) is 1. The van der Waals surface area contributed by atoms with E-state index in [1.165, 1.54) is 16.7 Å². The number of unbranched alkanes of at least 4 members (excludes halogenated alkanes) is 1. The van der Waals surface area contributed by atoms with Gasteiger partial charge in [-0.1, -0.05) is 13.8 Å². The molecule has 1 aliphatic rings. The Labute approximate surface area is 200 Å². The molecule has 0 aromatic rings. The predicted octanol–water partition coefficient (Wildman–Crippen LogP) is 0.287. The van der Waals surface area contributed by atoms with Crippen molar-refractivity contribution < 1.29 is 24.3 Å². The van der Waals surface area contributed by atoms with E-state index in [1.807, 2.05) is 20.1 Å². The molecule has 0 aromatic heterocycles. The summed E-state index contributed by atoms with van der Waals surface area (Å²) in [5, 5.41) is 14.8. The first-order valence-electron chi connectivity index (χ1n) is 11.7. The summed E-state index contributed by atoms with van der Waals surface area (Å²) in [7, 11) is 0. The van der Waals surface area contributed by atoms with E-state index in [0.29, 0.717) is 57.4 Å². The van der Waals surface area contributed by atoms with E-state index in [0.717, 1.165) is 0 Å². The second kappa shape index (κ2) is 15.1. The lowest BCUT2D eigenvalue weighted by Crippen LogP contribution is -2.56. The lowest BCUT2D eigenvalue weighted by atomic mass is 10.0. The average molecular weight is 488 g/mol. The van der Waals surface area contributed by atoms with E-state index in [4.69, 9.17) is 11.5 Å². The highest BCUT2D eigenvalue weighted by Crippen LogP contribution is 2.20. The molecule has 7 N–H and O–H groups in total. The summed E-state index contributed by atoms with van der Waals surface area (Å²) in [6.07, 6.45) is 5.45. The SMILES string of the molecule is CSCCC(NC(=O)C1CCCN1C(=O)C(N)CC(C)C)C(=O)NC(CCCCN)C(=O)O. The fraction of sp³-hybridized carbons (Fsp3) is 0.818. The van der Waals surface area contributed by atoms with Crippen LogP contribution in [0.4, 0.5) is 0 Å². The number of rotatable bonds is 15. The maximum absolute atomic E-state index is 13.1. The zero-order chi connectivity index (χ0) is 25.0. The van der Waals surface area contributed by atoms with Crippen molar-refractivity contribution in [3.05, 3.63) is 0 Å². The second-order valence-electron chi connectivity index (χ2n) is 8.95. The molecule has 0 bridgehead atoms. The standard InChI is InChI=1S/C22H41N5O5S/c1-14(2)13-15(24)21(30)27-11-6-8-18(27)20(29)25-16(9-12-33-3)19(28)26-17(22(31)32)7-4-5-10-23/h14-18H,4-13,23-24H2,1-3H3,(H,25,29)(H,26,28)(H,31,32). The number of carbonyl (C=O) groups is 4. The fourth-order valence-corrected chi connectivity index (χ4v) is 4.39. The number of aliphatic carboxylic acids is 1. The Hall–Kier alpha value is -1.85. The molecule has 1 heterocycles. The number of nitrogens with zero attached hydrogens (tertiary/aromatic N) is 1. The maximum Gasteiger partial charge on any atom is 0.326 e. The van der Waals surface area contributed by atoms with Crippen LogP contribution in [0.15, 0.2) is 0 Å². The van der Waals surface area contributed by atoms with Gasteiger partial charge in [-0.25, -0.2) is 4.79 Å². The summed E-state index contributed by atoms with van der Waals surface area (Å²) in [4.78, 5) is 51.8. The molecule has 0 saturated carbocycles. The molecule has 1 saturated heterocycles. The largest absolute Gasteiger partial charge is 0.480 e. The molecule has 4 unspecified atom stereocenters. The molecular formula is C22H41N5O5S. The molecule has 1 rings (SSSR count). The number of likely N-dealkylation sites (tertiary alicyclic amines) is 1. The summed E-state index contributed by atoms with van der Waals surface area (Å²) in [5.74, 6) is -1.46. The third-order valence-corrected chi connectivity index (χ3v) is 6.33. The molecule has 4 atom stereocenters. The van der Waals surface area contributed by atoms with Gasteiger partial charge in [0.1, 0.15) is 18.1 Å². The van der Waals surface area contributed by atoms with Gasteiger partial charge in [-0.2, -0.15) is 11.8 Å². The van der Waals surface area contributed by atoms with Crippen LogP contribution in [0.5, 0.6) is 0 Å². The summed E-state index contributed by atoms with van der Waals surface area (Å²) in [6, 6.07) is -3.28. The van der Waals surface area contributed by atoms with Crippen LogP contribution in [-0.2, 0) is 19.2 Å². The molecule has 10 nitrogen and oxygen atoms in total. The van der Waals surface area contributed by atoms with Crippen molar-refractivity contribution in [1.29, 1.82) is 0 Å². The van der Waals surface area contributed by atoms with Crippen molar-refractivity contribution in [3.8, 4) is 0 Å². The van der Waals surface area contributed by atoms with E-state index < -0.39 is 42.0 Å². The molecule has 190 valence electrons. The molecule has 1 fully saturated rings. The zero-order valence-electron chi connectivity index (χ0n) is 20.0. The number of hydrogen-bond acceptors (Lipinski definition) is 7. The number of nitrogens with two attached hydrogens (primary N) is 2. The lowest BCUT2D eigenvalue weighted by Gasteiger charge is -2.29. The minimum Gasteiger partial charge on any atom is -0.480 e. The van der Waals surface area contributed by atoms with E-state index in [-0.39, 0.29) is 18.2 Å². The van der Waals surface area contributed by atoms with Crippen LogP contribution in [0.2, 0.25) is 0 Å². The Balaban J connectivity index is 2.85. The van der Waals surface area contributed by atoms with Gasteiger partial charge in [-0.3, -0.25) is 14.4 Å². The quantitative estimate of drug-likeness (QED) is 0.205. The van der Waals surface area contributed by atoms with Gasteiger partial charge in [0.2, 0.25) is 17.7 Å². The Morgan fingerprint density at radius 3 is 2.39 bits per heavy atom. The fourth-order valence-electron chi connectivity index (χ4n) is 3.92. The first-order chi connectivity index (χ1) is 15.6. The van der Waals surface area contributed by atoms with Gasteiger partial charge < -0.3 is 32.1 Å². The molecule has 1 aliphatic heterocycles. The van der Waals surface area contributed by atoms with E-state index in [2.05, 4.69) is 10.6 Å². The van der Waals surface area contributed by atoms with E-state index in [1.54, 1.807) is 0 Å². The topological polar surface area (TPSA) is 168 Å². The molecule has 0 aliphatic carbocycles. The predicted molar refractivity (Wildman–Crippen MR) is 130 cm³/mol. The van der Waals surface area contributed by atoms with Crippen molar-refractivity contribution in [3.63, 3.8) is 0 Å². The molecular weight excluding hydrogens is 446 g/mol. The van der Waals surface area contributed by atoms with Crippen molar-refractivity contribution in [2.45, 2.75) is 83.0 Å². The van der Waals surface area contributed by atoms with Crippen molar-refractivity contribution in [2.75, 3.05) is 25.1 Å². The number of thioether (sulfide) groups is 1. The number of hydrogen-bond donors (Lipinski definition) is 5. The minimum absolute atomic E-state index is 0.252. The van der Waals surface area contributed by atoms with Crippen molar-refractivity contribution >= 4 is 35.5 Å². The first kappa shape index (κ1) is 29.2. The third kappa shape index (κ3) is 9.89. The normalized spacial score (nSPS) is 18.6. The van der Waals surface area contributed by atoms with E-state index >= 15 is 0 Å². The molecule has 0 aromatic carbocycles. The highest BCUT2D eigenvalue weighted by Gasteiger charge is 2.37. The van der Waals surface area contributed by atoms with Gasteiger partial charge >= 0.3 is 5.97 Å². The maximum atomic E-state index is 13.1. The molecule has 11 heteroatoms. The number of carboxylic acids is 1. The van der Waals surface area contributed by atoms with Crippen molar-refractivity contribution in [2.24, 2.45) is 17.4 Å². The summed E-state index contributed by atoms with van der Waals surface area (Å²) < 4.78 is 0. The Bertz CT molecular complexity index is 663. The minimum atomic E-state index is -1.12. The van der Waals surface area contributed by atoms with Crippen molar-refractivity contribution in [1.82, 2.24) is 15.5 Å². The number of carbonyl (C=O) groups excluding carboxylic acids is 3. The van der Waals surface area contributed by atoms with Gasteiger partial charge in [0.15, 0.2) is 0 Å². The van der Waals surface area contributed by atoms with Gasteiger partial charge in [0, 0.05) is 6.54 Å². The first-order valence-corrected chi connectivity index (χ1v) is 13.1. The van der Waals surface area contributed by atoms with Crippen LogP contribution < -0.4 is 22.1 Å². The molecule has 3 amide bonds. The van der Waals surface area contributed by atoms with Crippen LogP contribution in [0.1, 0.15) is 58.8 Å². The van der Waals surface area contributed by atoms with E-state index in [9.17, 15) is 24.3 Å². The van der Waals surface area contributed by atoms with Crippen LogP contribution in [0, 0.1) is 5.92 Å². The summed E-state index contributed by atoms with van der Waals surface area (Å²) in [6.45, 7) is 4.87. The smallest absolute Gasteiger partial charge is 0.326 e. The second-order valence-corrected chi connectivity index (χ2v) is 9.94. The zero-order valence-corrected chi connectivity index (χ0v) is 20.9. The van der Waals surface area contributed by atoms with Crippen LogP contribution in [-0.4, -0.2) is 83.0 Å². The van der Waals surface area contributed by atoms with Gasteiger partial charge in [0.25, 0.3) is 0 Å². The highest BCUT2D eigenvalue weighted by molar-refractivity contribution is 7.98. The van der Waals surface area contributed by atoms with Gasteiger partial charge in [-0.05, 0) is 69.4 Å². The molecule has 33 heavy (non-hydrogen) atoms. The molecule has 0 spiro atoms. The Kier molecular flexibility index (Phi) is 13.4. The van der Waals surface area contributed by atoms with Crippen LogP contribution >= 0.6 is 11.8 Å². The Morgan fingerprint density at radius 2 is 1.82 bits per heavy atom. The average Bonchev–Trinajstić information content (AvgIpc) is 3.24. The molecule has 0 radical (unpaired) electrons. The number of nitrogens with one attached hydrogen (secondary N) is 2. The third-order valence-electron chi connectivity index (χ3n) is 5.69. The van der Waals surface area contributed by atoms with Crippen LogP contribution in [0.3, 0.4) is 0 Å². The number of amides is 3. The van der Waals surface area contributed by atoms with Gasteiger partial charge in [0.05, 0.1) is 6.04 Å². The lowest BCUT2D eigenvalue weighted by molar-refractivity contribution is -0.143. The monoisotopic (exact) mass is 487 g/mol. The van der Waals surface area contributed by atoms with Crippen LogP contribution in [0.25, 0.3) is 0 Å². The Morgan fingerprint density at radius 1 is 1.12 bits per heavy atom. The summed E-state index contributed by atoms with van der Waals surface area (Å²) >= 11 is 1.52. The highest BCUT2D eigenvalue weighted by atomic mass is 32.2. The van der Waals surface area contributed by atoms with Gasteiger partial charge in [-0.15, -0.1) is 0 Å². The summed E-state index contributed by atoms with van der Waals surface area (Å²) in [5.41, 5.74) is 11.5.